The van der Waals surface area contributed by atoms with Crippen molar-refractivity contribution in [2.75, 3.05) is 27.2 Å². The van der Waals surface area contributed by atoms with Crippen molar-refractivity contribution in [1.29, 1.82) is 0 Å². The average molecular weight is 238 g/mol. The number of quaternary nitrogens is 1. The maximum atomic E-state index is 2.40. The number of rotatable bonds is 0. The first-order valence-electron chi connectivity index (χ1n) is 7.68. The molecule has 0 amide bonds. The maximum Gasteiger partial charge on any atom is 0.0969 e. The van der Waals surface area contributed by atoms with E-state index in [1.807, 2.05) is 0 Å². The van der Waals surface area contributed by atoms with Crippen LogP contribution < -0.4 is 0 Å². The quantitative estimate of drug-likeness (QED) is 0.429. The Labute approximate surface area is 108 Å². The Bertz CT molecular complexity index is 206. The van der Waals surface area contributed by atoms with E-state index in [1.54, 1.807) is 0 Å². The molecule has 0 saturated heterocycles. The van der Waals surface area contributed by atoms with Crippen LogP contribution in [0.5, 0.6) is 0 Å². The highest BCUT2D eigenvalue weighted by molar-refractivity contribution is 4.81. The summed E-state index contributed by atoms with van der Waals surface area (Å²) in [6.07, 6.45) is 19.1. The third-order valence-electron chi connectivity index (χ3n) is 3.90. The Kier molecular flexibility index (Phi) is 7.59. The van der Waals surface area contributed by atoms with Gasteiger partial charge in [0, 0.05) is 0 Å². The Hall–Kier alpha value is -0.300. The Morgan fingerprint density at radius 2 is 1.18 bits per heavy atom. The summed E-state index contributed by atoms with van der Waals surface area (Å²) in [7, 11) is 4.73. The van der Waals surface area contributed by atoms with Crippen LogP contribution in [0, 0.1) is 0 Å². The van der Waals surface area contributed by atoms with Crippen molar-refractivity contribution in [2.24, 2.45) is 0 Å². The second kappa shape index (κ2) is 8.74. The molecule has 0 aliphatic carbocycles. The van der Waals surface area contributed by atoms with Crippen LogP contribution >= 0.6 is 0 Å². The molecule has 1 heteroatoms. The van der Waals surface area contributed by atoms with Crippen molar-refractivity contribution in [1.82, 2.24) is 0 Å². The van der Waals surface area contributed by atoms with E-state index in [9.17, 15) is 0 Å². The highest BCUT2D eigenvalue weighted by atomic mass is 15.3. The van der Waals surface area contributed by atoms with E-state index in [2.05, 4.69) is 26.2 Å². The van der Waals surface area contributed by atoms with Crippen LogP contribution in [0.4, 0.5) is 0 Å². The van der Waals surface area contributed by atoms with Gasteiger partial charge in [-0.05, 0) is 31.8 Å². The Morgan fingerprint density at radius 1 is 0.647 bits per heavy atom. The Balaban J connectivity index is 2.30. The summed E-state index contributed by atoms with van der Waals surface area (Å²) in [5.74, 6) is 0. The second-order valence-electron chi connectivity index (χ2n) is 6.28. The summed E-state index contributed by atoms with van der Waals surface area (Å²) in [6, 6.07) is 0. The zero-order valence-electron chi connectivity index (χ0n) is 12.1. The van der Waals surface area contributed by atoms with Crippen LogP contribution in [0.1, 0.15) is 64.2 Å². The molecule has 0 aromatic rings. The lowest BCUT2D eigenvalue weighted by Crippen LogP contribution is -2.40. The molecule has 1 aliphatic heterocycles. The predicted octanol–water partition coefficient (Wildman–Crippen LogP) is 4.53. The molecule has 0 N–H and O–H groups in total. The van der Waals surface area contributed by atoms with Gasteiger partial charge in [0.1, 0.15) is 0 Å². The van der Waals surface area contributed by atoms with Crippen molar-refractivity contribution in [3.8, 4) is 0 Å². The van der Waals surface area contributed by atoms with Gasteiger partial charge in [-0.2, -0.15) is 0 Å². The molecule has 0 saturated carbocycles. The first-order chi connectivity index (χ1) is 8.21. The van der Waals surface area contributed by atoms with Gasteiger partial charge in [-0.1, -0.05) is 44.6 Å². The zero-order chi connectivity index (χ0) is 12.4. The molecule has 17 heavy (non-hydrogen) atoms. The molecular formula is C16H32N+. The average Bonchev–Trinajstić information content (AvgIpc) is 2.29. The van der Waals surface area contributed by atoms with Gasteiger partial charge in [-0.25, -0.2) is 0 Å². The summed E-state index contributed by atoms with van der Waals surface area (Å²) in [5, 5.41) is 0. The van der Waals surface area contributed by atoms with Crippen molar-refractivity contribution in [3.05, 3.63) is 12.2 Å². The third kappa shape index (κ3) is 8.43. The molecule has 1 rings (SSSR count). The molecule has 0 bridgehead atoms. The predicted molar refractivity (Wildman–Crippen MR) is 77.2 cm³/mol. The standard InChI is InChI=1S/C16H32N/c1-17(2)15-13-11-9-7-5-3-4-6-8-10-12-14-16-17/h11,13H,3-10,12,14-16H2,1-2H3/q+1. The molecule has 1 aliphatic rings. The summed E-state index contributed by atoms with van der Waals surface area (Å²) in [5.41, 5.74) is 0. The van der Waals surface area contributed by atoms with Crippen molar-refractivity contribution in [3.63, 3.8) is 0 Å². The minimum Gasteiger partial charge on any atom is -0.325 e. The lowest BCUT2D eigenvalue weighted by Gasteiger charge is -2.28. The fourth-order valence-electron chi connectivity index (χ4n) is 2.61. The van der Waals surface area contributed by atoms with Crippen molar-refractivity contribution < 1.29 is 4.48 Å². The largest absolute Gasteiger partial charge is 0.325 e. The van der Waals surface area contributed by atoms with E-state index in [0.717, 1.165) is 4.48 Å². The first-order valence-corrected chi connectivity index (χ1v) is 7.68. The van der Waals surface area contributed by atoms with Crippen LogP contribution in [0.15, 0.2) is 12.2 Å². The van der Waals surface area contributed by atoms with Crippen LogP contribution in [-0.4, -0.2) is 31.7 Å². The Morgan fingerprint density at radius 3 is 1.82 bits per heavy atom. The third-order valence-corrected chi connectivity index (χ3v) is 3.90. The molecule has 0 aromatic carbocycles. The zero-order valence-corrected chi connectivity index (χ0v) is 12.1. The first kappa shape index (κ1) is 14.8. The molecule has 0 atom stereocenters. The molecular weight excluding hydrogens is 206 g/mol. The monoisotopic (exact) mass is 238 g/mol. The minimum atomic E-state index is 1.16. The summed E-state index contributed by atoms with van der Waals surface area (Å²) in [4.78, 5) is 0. The van der Waals surface area contributed by atoms with E-state index in [1.165, 1.54) is 77.3 Å². The topological polar surface area (TPSA) is 0 Å². The number of nitrogens with zero attached hydrogens (tertiary/aromatic N) is 1. The van der Waals surface area contributed by atoms with E-state index >= 15 is 0 Å². The van der Waals surface area contributed by atoms with Crippen LogP contribution in [-0.2, 0) is 0 Å². The minimum absolute atomic E-state index is 1.16. The van der Waals surface area contributed by atoms with Crippen LogP contribution in [0.25, 0.3) is 0 Å². The molecule has 0 fully saturated rings. The van der Waals surface area contributed by atoms with E-state index < -0.39 is 0 Å². The van der Waals surface area contributed by atoms with E-state index in [-0.39, 0.29) is 0 Å². The van der Waals surface area contributed by atoms with Gasteiger partial charge >= 0.3 is 0 Å². The van der Waals surface area contributed by atoms with Crippen molar-refractivity contribution in [2.45, 2.75) is 64.2 Å². The smallest absolute Gasteiger partial charge is 0.0969 e. The molecule has 1 nitrogen and oxygen atoms in total. The normalized spacial score (nSPS) is 24.8. The molecule has 100 valence electrons. The van der Waals surface area contributed by atoms with Gasteiger partial charge in [-0.3, -0.25) is 0 Å². The van der Waals surface area contributed by atoms with Gasteiger partial charge in [0.25, 0.3) is 0 Å². The van der Waals surface area contributed by atoms with Gasteiger partial charge in [-0.15, -0.1) is 0 Å². The van der Waals surface area contributed by atoms with Gasteiger partial charge in [0.15, 0.2) is 0 Å². The van der Waals surface area contributed by atoms with Gasteiger partial charge < -0.3 is 4.48 Å². The summed E-state index contributed by atoms with van der Waals surface area (Å²) < 4.78 is 1.16. The second-order valence-corrected chi connectivity index (χ2v) is 6.28. The van der Waals surface area contributed by atoms with Crippen LogP contribution in [0.2, 0.25) is 0 Å². The molecule has 0 aromatic heterocycles. The SMILES string of the molecule is C[N+]1(C)CC=CCCCCCCCCCCC1. The molecule has 1 heterocycles. The maximum absolute atomic E-state index is 2.40. The van der Waals surface area contributed by atoms with E-state index in [0.29, 0.717) is 0 Å². The number of hydrogen-bond acceptors (Lipinski definition) is 0. The van der Waals surface area contributed by atoms with Crippen molar-refractivity contribution >= 4 is 0 Å². The lowest BCUT2D eigenvalue weighted by molar-refractivity contribution is -0.884. The number of likely N-dealkylation sites (N-methyl/N-ethyl adjacent to an activating group) is 1. The highest BCUT2D eigenvalue weighted by Gasteiger charge is 2.11. The van der Waals surface area contributed by atoms with Gasteiger partial charge in [0.05, 0.1) is 27.2 Å². The fourth-order valence-corrected chi connectivity index (χ4v) is 2.61. The van der Waals surface area contributed by atoms with Gasteiger partial charge in [0.2, 0.25) is 0 Å². The van der Waals surface area contributed by atoms with Crippen LogP contribution in [0.3, 0.4) is 0 Å². The van der Waals surface area contributed by atoms with E-state index in [4.69, 9.17) is 0 Å². The number of hydrogen-bond donors (Lipinski definition) is 0. The molecule has 0 spiro atoms. The summed E-state index contributed by atoms with van der Waals surface area (Å²) in [6.45, 7) is 2.55. The highest BCUT2D eigenvalue weighted by Crippen LogP contribution is 2.12. The lowest BCUT2D eigenvalue weighted by atomic mass is 10.1. The molecule has 0 radical (unpaired) electrons. The summed E-state index contributed by atoms with van der Waals surface area (Å²) >= 11 is 0. The molecule has 0 unspecified atom stereocenters. The number of allylic oxidation sites excluding steroid dienone is 1. The fraction of sp³-hybridized carbons (Fsp3) is 0.875.